The van der Waals surface area contributed by atoms with E-state index in [9.17, 15) is 4.79 Å². The molecule has 0 aliphatic rings. The highest BCUT2D eigenvalue weighted by Crippen LogP contribution is 2.22. The van der Waals surface area contributed by atoms with Crippen molar-refractivity contribution in [2.24, 2.45) is 0 Å². The minimum Gasteiger partial charge on any atom is -0.489 e. The standard InChI is InChI=1S/C30H29NO3/c1-33-30(32)28-17-11-23(12-18-28)21-31-20-19-27-9-5-6-10-29(27)34-22-24-13-15-26(16-14-24)25-7-3-2-4-8-25/h2-18,31H,19-22H2,1H3. The van der Waals surface area contributed by atoms with Gasteiger partial charge in [0.05, 0.1) is 12.7 Å². The molecule has 0 aliphatic heterocycles. The molecule has 4 aromatic rings. The van der Waals surface area contributed by atoms with Crippen LogP contribution in [0.1, 0.15) is 27.0 Å². The van der Waals surface area contributed by atoms with Gasteiger partial charge in [-0.2, -0.15) is 0 Å². The fourth-order valence-electron chi connectivity index (χ4n) is 3.77. The van der Waals surface area contributed by atoms with Gasteiger partial charge in [-0.05, 0) is 59.0 Å². The van der Waals surface area contributed by atoms with Gasteiger partial charge in [0.25, 0.3) is 0 Å². The number of hydrogen-bond acceptors (Lipinski definition) is 4. The Morgan fingerprint density at radius 2 is 1.38 bits per heavy atom. The van der Waals surface area contributed by atoms with Gasteiger partial charge in [-0.3, -0.25) is 0 Å². The zero-order chi connectivity index (χ0) is 23.6. The molecule has 0 bridgehead atoms. The highest BCUT2D eigenvalue weighted by Gasteiger charge is 2.06. The highest BCUT2D eigenvalue weighted by molar-refractivity contribution is 5.89. The van der Waals surface area contributed by atoms with Crippen LogP contribution in [0.3, 0.4) is 0 Å². The van der Waals surface area contributed by atoms with E-state index in [-0.39, 0.29) is 5.97 Å². The molecule has 0 saturated heterocycles. The number of benzene rings is 4. The molecule has 0 saturated carbocycles. The predicted octanol–water partition coefficient (Wildman–Crippen LogP) is 6.05. The van der Waals surface area contributed by atoms with Crippen LogP contribution in [0.15, 0.2) is 103 Å². The van der Waals surface area contributed by atoms with E-state index < -0.39 is 0 Å². The number of carbonyl (C=O) groups excluding carboxylic acids is 1. The summed E-state index contributed by atoms with van der Waals surface area (Å²) in [6.45, 7) is 2.09. The van der Waals surface area contributed by atoms with E-state index in [1.54, 1.807) is 12.1 Å². The van der Waals surface area contributed by atoms with Crippen molar-refractivity contribution >= 4 is 5.97 Å². The van der Waals surface area contributed by atoms with Gasteiger partial charge >= 0.3 is 5.97 Å². The summed E-state index contributed by atoms with van der Waals surface area (Å²) < 4.78 is 10.9. The average Bonchev–Trinajstić information content (AvgIpc) is 2.91. The minimum atomic E-state index is -0.316. The van der Waals surface area contributed by atoms with Crippen molar-refractivity contribution in [2.75, 3.05) is 13.7 Å². The van der Waals surface area contributed by atoms with Gasteiger partial charge in [0.15, 0.2) is 0 Å². The lowest BCUT2D eigenvalue weighted by atomic mass is 10.0. The van der Waals surface area contributed by atoms with E-state index >= 15 is 0 Å². The van der Waals surface area contributed by atoms with E-state index in [1.807, 2.05) is 36.4 Å². The number of para-hydroxylation sites is 1. The number of rotatable bonds is 10. The number of hydrogen-bond donors (Lipinski definition) is 1. The smallest absolute Gasteiger partial charge is 0.337 e. The van der Waals surface area contributed by atoms with Crippen LogP contribution in [-0.4, -0.2) is 19.6 Å². The first-order valence-electron chi connectivity index (χ1n) is 11.5. The topological polar surface area (TPSA) is 47.6 Å². The largest absolute Gasteiger partial charge is 0.489 e. The number of esters is 1. The van der Waals surface area contributed by atoms with Crippen molar-refractivity contribution in [3.8, 4) is 16.9 Å². The summed E-state index contributed by atoms with van der Waals surface area (Å²) in [5.41, 5.74) is 6.42. The summed E-state index contributed by atoms with van der Waals surface area (Å²) in [6.07, 6.45) is 0.864. The second-order valence-electron chi connectivity index (χ2n) is 8.07. The Hall–Kier alpha value is -3.89. The van der Waals surface area contributed by atoms with Crippen LogP contribution in [0.4, 0.5) is 0 Å². The maximum Gasteiger partial charge on any atom is 0.337 e. The Morgan fingerprint density at radius 3 is 2.12 bits per heavy atom. The quantitative estimate of drug-likeness (QED) is 0.235. The number of carbonyl (C=O) groups is 1. The summed E-state index contributed by atoms with van der Waals surface area (Å²) >= 11 is 0. The molecule has 0 amide bonds. The van der Waals surface area contributed by atoms with E-state index in [0.29, 0.717) is 12.2 Å². The van der Waals surface area contributed by atoms with Crippen molar-refractivity contribution in [1.82, 2.24) is 5.32 Å². The monoisotopic (exact) mass is 451 g/mol. The van der Waals surface area contributed by atoms with Gasteiger partial charge < -0.3 is 14.8 Å². The molecule has 4 aromatic carbocycles. The normalized spacial score (nSPS) is 10.6. The second-order valence-corrected chi connectivity index (χ2v) is 8.07. The van der Waals surface area contributed by atoms with Crippen molar-refractivity contribution in [2.45, 2.75) is 19.6 Å². The molecule has 4 heteroatoms. The Labute approximate surface area is 201 Å². The first-order chi connectivity index (χ1) is 16.7. The van der Waals surface area contributed by atoms with E-state index in [0.717, 1.165) is 36.4 Å². The lowest BCUT2D eigenvalue weighted by Gasteiger charge is -2.13. The Balaban J connectivity index is 1.27. The molecular formula is C30H29NO3. The molecular weight excluding hydrogens is 422 g/mol. The van der Waals surface area contributed by atoms with Gasteiger partial charge in [0.2, 0.25) is 0 Å². The molecule has 0 aromatic heterocycles. The van der Waals surface area contributed by atoms with Crippen LogP contribution in [0.2, 0.25) is 0 Å². The van der Waals surface area contributed by atoms with Crippen LogP contribution >= 0.6 is 0 Å². The van der Waals surface area contributed by atoms with Gasteiger partial charge in [-0.1, -0.05) is 84.9 Å². The van der Waals surface area contributed by atoms with E-state index in [4.69, 9.17) is 9.47 Å². The Kier molecular flexibility index (Phi) is 8.09. The van der Waals surface area contributed by atoms with Crippen LogP contribution in [0.25, 0.3) is 11.1 Å². The molecule has 0 spiro atoms. The van der Waals surface area contributed by atoms with Gasteiger partial charge in [0.1, 0.15) is 12.4 Å². The van der Waals surface area contributed by atoms with E-state index in [1.165, 1.54) is 23.8 Å². The third kappa shape index (κ3) is 6.33. The molecule has 0 unspecified atom stereocenters. The number of methoxy groups -OCH3 is 1. The first kappa shape index (κ1) is 23.3. The summed E-state index contributed by atoms with van der Waals surface area (Å²) in [4.78, 5) is 11.5. The molecule has 4 rings (SSSR count). The van der Waals surface area contributed by atoms with E-state index in [2.05, 4.69) is 59.9 Å². The first-order valence-corrected chi connectivity index (χ1v) is 11.5. The lowest BCUT2D eigenvalue weighted by molar-refractivity contribution is 0.0600. The second kappa shape index (κ2) is 11.8. The third-order valence-electron chi connectivity index (χ3n) is 5.70. The molecule has 0 heterocycles. The van der Waals surface area contributed by atoms with Crippen molar-refractivity contribution in [3.63, 3.8) is 0 Å². The third-order valence-corrected chi connectivity index (χ3v) is 5.70. The van der Waals surface area contributed by atoms with Gasteiger partial charge in [0, 0.05) is 6.54 Å². The van der Waals surface area contributed by atoms with Gasteiger partial charge in [-0.15, -0.1) is 0 Å². The Morgan fingerprint density at radius 1 is 0.735 bits per heavy atom. The zero-order valence-electron chi connectivity index (χ0n) is 19.4. The lowest BCUT2D eigenvalue weighted by Crippen LogP contribution is -2.17. The molecule has 0 radical (unpaired) electrons. The minimum absolute atomic E-state index is 0.316. The molecule has 0 atom stereocenters. The summed E-state index contributed by atoms with van der Waals surface area (Å²) in [5, 5.41) is 3.46. The fourth-order valence-corrected chi connectivity index (χ4v) is 3.77. The molecule has 0 fully saturated rings. The predicted molar refractivity (Wildman–Crippen MR) is 136 cm³/mol. The Bertz CT molecular complexity index is 1190. The number of ether oxygens (including phenoxy) is 2. The molecule has 4 nitrogen and oxygen atoms in total. The van der Waals surface area contributed by atoms with Crippen molar-refractivity contribution < 1.29 is 14.3 Å². The summed E-state index contributed by atoms with van der Waals surface area (Å²) in [6, 6.07) is 34.6. The van der Waals surface area contributed by atoms with Gasteiger partial charge in [-0.25, -0.2) is 4.79 Å². The fraction of sp³-hybridized carbons (Fsp3) is 0.167. The SMILES string of the molecule is COC(=O)c1ccc(CNCCc2ccccc2OCc2ccc(-c3ccccc3)cc2)cc1. The highest BCUT2D eigenvalue weighted by atomic mass is 16.5. The average molecular weight is 452 g/mol. The van der Waals surface area contributed by atoms with Crippen LogP contribution in [0.5, 0.6) is 5.75 Å². The zero-order valence-corrected chi connectivity index (χ0v) is 19.4. The van der Waals surface area contributed by atoms with Crippen LogP contribution in [0, 0.1) is 0 Å². The molecule has 172 valence electrons. The summed E-state index contributed by atoms with van der Waals surface area (Å²) in [7, 11) is 1.39. The molecule has 34 heavy (non-hydrogen) atoms. The molecule has 1 N–H and O–H groups in total. The van der Waals surface area contributed by atoms with Crippen LogP contribution in [-0.2, 0) is 24.3 Å². The van der Waals surface area contributed by atoms with Crippen LogP contribution < -0.4 is 10.1 Å². The molecule has 0 aliphatic carbocycles. The number of nitrogens with one attached hydrogen (secondary N) is 1. The maximum atomic E-state index is 11.5. The maximum absolute atomic E-state index is 11.5. The van der Waals surface area contributed by atoms with Crippen molar-refractivity contribution in [1.29, 1.82) is 0 Å². The summed E-state index contributed by atoms with van der Waals surface area (Å²) in [5.74, 6) is 0.599. The van der Waals surface area contributed by atoms with Crippen molar-refractivity contribution in [3.05, 3.63) is 125 Å².